The van der Waals surface area contributed by atoms with E-state index in [1.165, 1.54) is 0 Å². The molecule has 0 amide bonds. The van der Waals surface area contributed by atoms with Gasteiger partial charge in [0, 0.05) is 37.3 Å². The highest BCUT2D eigenvalue weighted by Gasteiger charge is 2.06. The predicted molar refractivity (Wildman–Crippen MR) is 77.0 cm³/mol. The van der Waals surface area contributed by atoms with Crippen molar-refractivity contribution in [1.82, 2.24) is 5.32 Å². The molecule has 0 bridgehead atoms. The molecule has 4 nitrogen and oxygen atoms in total. The second-order valence-corrected chi connectivity index (χ2v) is 4.46. The number of nitrogens with one attached hydrogen (secondary N) is 1. The fourth-order valence-electron chi connectivity index (χ4n) is 1.61. The number of hydrogen-bond donors (Lipinski definition) is 1. The average molecular weight is 288 g/mol. The molecule has 0 aliphatic rings. The van der Waals surface area contributed by atoms with E-state index in [1.807, 2.05) is 25.2 Å². The molecular formula is C14H22ClNO3. The first kappa shape index (κ1) is 16.2. The number of hydrogen-bond acceptors (Lipinski definition) is 4. The first-order valence-corrected chi connectivity index (χ1v) is 6.79. The molecule has 19 heavy (non-hydrogen) atoms. The smallest absolute Gasteiger partial charge is 0.125 e. The van der Waals surface area contributed by atoms with Gasteiger partial charge in [-0.1, -0.05) is 17.7 Å². The molecular weight excluding hydrogens is 266 g/mol. The molecule has 1 aromatic carbocycles. The predicted octanol–water partition coefficient (Wildman–Crippen LogP) is 2.49. The lowest BCUT2D eigenvalue weighted by molar-refractivity contribution is 0.0644. The molecule has 0 aliphatic carbocycles. The van der Waals surface area contributed by atoms with Gasteiger partial charge in [0.05, 0.1) is 19.8 Å². The van der Waals surface area contributed by atoms with Crippen LogP contribution in [0.15, 0.2) is 18.2 Å². The normalized spacial score (nSPS) is 10.7. The molecule has 1 aromatic rings. The van der Waals surface area contributed by atoms with E-state index in [-0.39, 0.29) is 0 Å². The minimum absolute atomic E-state index is 0.615. The van der Waals surface area contributed by atoms with Crippen LogP contribution in [0.3, 0.4) is 0 Å². The zero-order valence-corrected chi connectivity index (χ0v) is 12.3. The van der Waals surface area contributed by atoms with Gasteiger partial charge in [-0.2, -0.15) is 0 Å². The molecule has 0 radical (unpaired) electrons. The van der Waals surface area contributed by atoms with Gasteiger partial charge in [0.15, 0.2) is 0 Å². The van der Waals surface area contributed by atoms with Crippen LogP contribution < -0.4 is 10.1 Å². The summed E-state index contributed by atoms with van der Waals surface area (Å²) >= 11 is 6.15. The quantitative estimate of drug-likeness (QED) is 0.671. The third-order valence-electron chi connectivity index (χ3n) is 2.55. The van der Waals surface area contributed by atoms with Crippen molar-refractivity contribution in [3.8, 4) is 5.75 Å². The molecule has 108 valence electrons. The Morgan fingerprint density at radius 1 is 1.16 bits per heavy atom. The minimum atomic E-state index is 0.615. The van der Waals surface area contributed by atoms with Crippen LogP contribution in [-0.2, 0) is 16.0 Å². The minimum Gasteiger partial charge on any atom is -0.493 e. The zero-order valence-electron chi connectivity index (χ0n) is 11.6. The van der Waals surface area contributed by atoms with E-state index >= 15 is 0 Å². The van der Waals surface area contributed by atoms with E-state index < -0.39 is 0 Å². The number of halogens is 1. The summed E-state index contributed by atoms with van der Waals surface area (Å²) in [7, 11) is 3.55. The Balaban J connectivity index is 2.30. The van der Waals surface area contributed by atoms with E-state index in [1.54, 1.807) is 7.11 Å². The Hall–Kier alpha value is -0.810. The number of benzene rings is 1. The molecule has 0 heterocycles. The van der Waals surface area contributed by atoms with Gasteiger partial charge in [-0.25, -0.2) is 0 Å². The number of rotatable bonds is 10. The van der Waals surface area contributed by atoms with Crippen molar-refractivity contribution < 1.29 is 14.2 Å². The Bertz CT molecular complexity index is 361. The van der Waals surface area contributed by atoms with Crippen LogP contribution in [0.4, 0.5) is 0 Å². The van der Waals surface area contributed by atoms with Crippen molar-refractivity contribution in [3.05, 3.63) is 28.8 Å². The largest absolute Gasteiger partial charge is 0.493 e. The molecule has 0 aliphatic heterocycles. The third kappa shape index (κ3) is 6.25. The summed E-state index contributed by atoms with van der Waals surface area (Å²) < 4.78 is 16.0. The highest BCUT2D eigenvalue weighted by Crippen LogP contribution is 2.26. The lowest BCUT2D eigenvalue weighted by Crippen LogP contribution is -2.10. The van der Waals surface area contributed by atoms with E-state index in [0.717, 1.165) is 22.8 Å². The van der Waals surface area contributed by atoms with E-state index in [9.17, 15) is 0 Å². The summed E-state index contributed by atoms with van der Waals surface area (Å²) in [6, 6.07) is 5.70. The Labute approximate surface area is 120 Å². The molecule has 0 fully saturated rings. The van der Waals surface area contributed by atoms with Crippen molar-refractivity contribution in [2.45, 2.75) is 13.0 Å². The van der Waals surface area contributed by atoms with E-state index in [0.29, 0.717) is 33.0 Å². The lowest BCUT2D eigenvalue weighted by Gasteiger charge is -2.12. The van der Waals surface area contributed by atoms with Crippen molar-refractivity contribution in [3.63, 3.8) is 0 Å². The average Bonchev–Trinajstić information content (AvgIpc) is 2.41. The molecule has 0 saturated heterocycles. The maximum absolute atomic E-state index is 6.15. The second kappa shape index (κ2) is 10.0. The van der Waals surface area contributed by atoms with Crippen molar-refractivity contribution >= 4 is 11.6 Å². The van der Waals surface area contributed by atoms with Crippen LogP contribution in [0, 0.1) is 0 Å². The summed E-state index contributed by atoms with van der Waals surface area (Å²) in [5.74, 6) is 0.832. The van der Waals surface area contributed by atoms with E-state index in [4.69, 9.17) is 25.8 Å². The van der Waals surface area contributed by atoms with Gasteiger partial charge < -0.3 is 19.5 Å². The highest BCUT2D eigenvalue weighted by molar-refractivity contribution is 6.31. The van der Waals surface area contributed by atoms with Crippen molar-refractivity contribution in [2.24, 2.45) is 0 Å². The molecule has 0 saturated carbocycles. The Kier molecular flexibility index (Phi) is 8.58. The van der Waals surface area contributed by atoms with Crippen LogP contribution in [0.5, 0.6) is 5.75 Å². The summed E-state index contributed by atoms with van der Waals surface area (Å²) in [4.78, 5) is 0. The Morgan fingerprint density at radius 2 is 2.00 bits per heavy atom. The van der Waals surface area contributed by atoms with Gasteiger partial charge in [0.25, 0.3) is 0 Å². The molecule has 0 atom stereocenters. The molecule has 1 N–H and O–H groups in total. The van der Waals surface area contributed by atoms with Crippen LogP contribution in [0.2, 0.25) is 5.02 Å². The number of methoxy groups -OCH3 is 1. The summed E-state index contributed by atoms with van der Waals surface area (Å²) in [5.41, 5.74) is 0.993. The van der Waals surface area contributed by atoms with Gasteiger partial charge in [0.2, 0.25) is 0 Å². The Morgan fingerprint density at radius 3 is 2.74 bits per heavy atom. The van der Waals surface area contributed by atoms with Gasteiger partial charge in [-0.05, 0) is 19.2 Å². The van der Waals surface area contributed by atoms with Gasteiger partial charge >= 0.3 is 0 Å². The van der Waals surface area contributed by atoms with Crippen LogP contribution in [-0.4, -0.2) is 40.6 Å². The van der Waals surface area contributed by atoms with Crippen molar-refractivity contribution in [1.29, 1.82) is 0 Å². The second-order valence-electron chi connectivity index (χ2n) is 4.05. The lowest BCUT2D eigenvalue weighted by atomic mass is 10.2. The van der Waals surface area contributed by atoms with Crippen LogP contribution in [0.1, 0.15) is 12.0 Å². The topological polar surface area (TPSA) is 39.7 Å². The standard InChI is InChI=1S/C14H22ClNO3/c1-16-11-12-13(15)5-3-6-14(12)19-8-4-7-18-10-9-17-2/h3,5-6,16H,4,7-11H2,1-2H3. The summed E-state index contributed by atoms with van der Waals surface area (Å²) in [6.45, 7) is 3.23. The van der Waals surface area contributed by atoms with Crippen LogP contribution >= 0.6 is 11.6 Å². The first-order valence-electron chi connectivity index (χ1n) is 6.41. The first-order chi connectivity index (χ1) is 9.29. The van der Waals surface area contributed by atoms with Gasteiger partial charge in [-0.3, -0.25) is 0 Å². The zero-order chi connectivity index (χ0) is 13.9. The number of ether oxygens (including phenoxy) is 3. The fraction of sp³-hybridized carbons (Fsp3) is 0.571. The maximum atomic E-state index is 6.15. The fourth-order valence-corrected chi connectivity index (χ4v) is 1.84. The summed E-state index contributed by atoms with van der Waals surface area (Å²) in [6.07, 6.45) is 0.842. The van der Waals surface area contributed by atoms with Crippen LogP contribution in [0.25, 0.3) is 0 Å². The monoisotopic (exact) mass is 287 g/mol. The molecule has 5 heteroatoms. The van der Waals surface area contributed by atoms with E-state index in [2.05, 4.69) is 5.32 Å². The molecule has 1 rings (SSSR count). The van der Waals surface area contributed by atoms with Gasteiger partial charge in [0.1, 0.15) is 5.75 Å². The van der Waals surface area contributed by atoms with Gasteiger partial charge in [-0.15, -0.1) is 0 Å². The third-order valence-corrected chi connectivity index (χ3v) is 2.91. The molecule has 0 spiro atoms. The molecule has 0 aromatic heterocycles. The van der Waals surface area contributed by atoms with Crippen molar-refractivity contribution in [2.75, 3.05) is 40.6 Å². The molecule has 0 unspecified atom stereocenters. The maximum Gasteiger partial charge on any atom is 0.125 e. The highest BCUT2D eigenvalue weighted by atomic mass is 35.5. The summed E-state index contributed by atoms with van der Waals surface area (Å²) in [5, 5.41) is 3.81. The SMILES string of the molecule is CNCc1c(Cl)cccc1OCCCOCCOC.